The van der Waals surface area contributed by atoms with Gasteiger partial charge < -0.3 is 14.4 Å². The summed E-state index contributed by atoms with van der Waals surface area (Å²) in [4.78, 5) is 26.6. The average molecular weight is 392 g/mol. The van der Waals surface area contributed by atoms with Crippen molar-refractivity contribution >= 4 is 22.3 Å². The first-order valence-corrected chi connectivity index (χ1v) is 9.63. The van der Waals surface area contributed by atoms with Gasteiger partial charge in [0, 0.05) is 25.0 Å². The monoisotopic (exact) mass is 392 g/mol. The molecule has 4 heterocycles. The standard InChI is InChI=1S/C13H20N4O8S/c18-11(14-15-1-3-23-4-2-15)9-5-13(7-24-8-13)10-6-16(9)12(19)17(10)25-26(20,21)22/h9-10H,1-8H2,(H,14,18)(H,20,21,22)/t9-,10?/m0/s1. The number of hydrogen-bond donors (Lipinski definition) is 2. The van der Waals surface area contributed by atoms with Crippen molar-refractivity contribution in [2.45, 2.75) is 18.5 Å². The second-order valence-electron chi connectivity index (χ2n) is 6.93. The van der Waals surface area contributed by atoms with E-state index in [9.17, 15) is 18.0 Å². The van der Waals surface area contributed by atoms with Crippen LogP contribution < -0.4 is 5.43 Å². The van der Waals surface area contributed by atoms with Gasteiger partial charge in [-0.15, -0.1) is 4.28 Å². The third-order valence-electron chi connectivity index (χ3n) is 5.31. The number of rotatable bonds is 4. The molecule has 2 bridgehead atoms. The van der Waals surface area contributed by atoms with Gasteiger partial charge in [0.25, 0.3) is 5.91 Å². The van der Waals surface area contributed by atoms with Crippen molar-refractivity contribution in [1.82, 2.24) is 20.4 Å². The van der Waals surface area contributed by atoms with Gasteiger partial charge in [0.05, 0.1) is 32.5 Å². The lowest BCUT2D eigenvalue weighted by Gasteiger charge is -2.50. The topological polar surface area (TPSA) is 138 Å². The molecule has 12 nitrogen and oxygen atoms in total. The van der Waals surface area contributed by atoms with Crippen LogP contribution in [0.3, 0.4) is 0 Å². The molecule has 0 aromatic heterocycles. The van der Waals surface area contributed by atoms with E-state index in [-0.39, 0.29) is 25.7 Å². The molecule has 1 unspecified atom stereocenters. The van der Waals surface area contributed by atoms with Crippen molar-refractivity contribution in [2.24, 2.45) is 5.41 Å². The number of morpholine rings is 1. The van der Waals surface area contributed by atoms with Gasteiger partial charge in [-0.3, -0.25) is 14.8 Å². The number of fused-ring (bicyclic) bond motifs is 3. The lowest BCUT2D eigenvalue weighted by molar-refractivity contribution is -0.193. The van der Waals surface area contributed by atoms with Gasteiger partial charge in [0.2, 0.25) is 0 Å². The second-order valence-corrected chi connectivity index (χ2v) is 7.93. The van der Waals surface area contributed by atoms with Gasteiger partial charge in [-0.05, 0) is 6.42 Å². The first-order chi connectivity index (χ1) is 12.3. The summed E-state index contributed by atoms with van der Waals surface area (Å²) in [5.74, 6) is -0.348. The first-order valence-electron chi connectivity index (χ1n) is 8.27. The zero-order valence-electron chi connectivity index (χ0n) is 13.9. The summed E-state index contributed by atoms with van der Waals surface area (Å²) in [7, 11) is -4.86. The highest BCUT2D eigenvalue weighted by molar-refractivity contribution is 7.80. The second kappa shape index (κ2) is 6.28. The molecular weight excluding hydrogens is 372 g/mol. The molecule has 4 aliphatic rings. The van der Waals surface area contributed by atoms with Gasteiger partial charge in [-0.1, -0.05) is 0 Å². The van der Waals surface area contributed by atoms with Crippen molar-refractivity contribution < 1.29 is 36.3 Å². The zero-order valence-corrected chi connectivity index (χ0v) is 14.7. The Bertz CT molecular complexity index is 705. The van der Waals surface area contributed by atoms with E-state index in [0.29, 0.717) is 37.8 Å². The number of ether oxygens (including phenoxy) is 2. The number of carbonyl (C=O) groups is 2. The Morgan fingerprint density at radius 3 is 2.54 bits per heavy atom. The summed E-state index contributed by atoms with van der Waals surface area (Å²) in [5, 5.41) is 2.38. The fraction of sp³-hybridized carbons (Fsp3) is 0.846. The van der Waals surface area contributed by atoms with E-state index < -0.39 is 33.9 Å². The number of urea groups is 1. The van der Waals surface area contributed by atoms with Crippen molar-refractivity contribution in [1.29, 1.82) is 0 Å². The molecular formula is C13H20N4O8S. The van der Waals surface area contributed by atoms with Crippen molar-refractivity contribution in [3.8, 4) is 0 Å². The summed E-state index contributed by atoms with van der Waals surface area (Å²) in [5.41, 5.74) is 2.21. The third-order valence-corrected chi connectivity index (χ3v) is 5.65. The van der Waals surface area contributed by atoms with E-state index >= 15 is 0 Å². The summed E-state index contributed by atoms with van der Waals surface area (Å²) < 4.78 is 46.2. The molecule has 1 spiro atoms. The lowest BCUT2D eigenvalue weighted by atomic mass is 9.71. The predicted octanol–water partition coefficient (Wildman–Crippen LogP) is -2.02. The summed E-state index contributed by atoms with van der Waals surface area (Å²) >= 11 is 0. The van der Waals surface area contributed by atoms with Crippen LogP contribution in [0.25, 0.3) is 0 Å². The third kappa shape index (κ3) is 3.04. The number of nitrogens with zero attached hydrogens (tertiary/aromatic N) is 3. The van der Waals surface area contributed by atoms with Gasteiger partial charge in [-0.25, -0.2) is 9.80 Å². The van der Waals surface area contributed by atoms with Crippen LogP contribution >= 0.6 is 0 Å². The SMILES string of the molecule is O=C(NN1CCOCC1)[C@@H]1CC2(COC2)C2CN1C(=O)N2OS(=O)(=O)O. The Morgan fingerprint density at radius 2 is 1.96 bits per heavy atom. The zero-order chi connectivity index (χ0) is 18.5. The molecule has 0 aromatic carbocycles. The van der Waals surface area contributed by atoms with E-state index in [1.165, 1.54) is 4.90 Å². The molecule has 2 atom stereocenters. The highest BCUT2D eigenvalue weighted by Gasteiger charge is 2.63. The van der Waals surface area contributed by atoms with Crippen molar-refractivity contribution in [3.05, 3.63) is 0 Å². The van der Waals surface area contributed by atoms with Crippen LogP contribution in [-0.4, -0.2) is 98.0 Å². The number of amides is 3. The summed E-state index contributed by atoms with van der Waals surface area (Å²) in [6, 6.07) is -2.16. The quantitative estimate of drug-likeness (QED) is 0.519. The predicted molar refractivity (Wildman–Crippen MR) is 82.6 cm³/mol. The van der Waals surface area contributed by atoms with Gasteiger partial charge in [-0.2, -0.15) is 13.5 Å². The first kappa shape index (κ1) is 17.9. The molecule has 0 radical (unpaired) electrons. The van der Waals surface area contributed by atoms with Gasteiger partial charge in [0.15, 0.2) is 0 Å². The summed E-state index contributed by atoms with van der Waals surface area (Å²) in [6.45, 7) is 2.78. The molecule has 4 fully saturated rings. The molecule has 3 amide bonds. The molecule has 13 heteroatoms. The number of hydroxylamine groups is 2. The van der Waals surface area contributed by atoms with Gasteiger partial charge in [0.1, 0.15) is 6.04 Å². The Kier molecular flexibility index (Phi) is 4.32. The largest absolute Gasteiger partial charge is 0.418 e. The maximum absolute atomic E-state index is 12.8. The number of hydrazine groups is 1. The Labute approximate surface area is 149 Å². The van der Waals surface area contributed by atoms with E-state index in [1.54, 1.807) is 5.01 Å². The molecule has 146 valence electrons. The maximum Gasteiger partial charge on any atom is 0.418 e. The molecule has 26 heavy (non-hydrogen) atoms. The lowest BCUT2D eigenvalue weighted by Crippen LogP contribution is -2.64. The molecule has 4 saturated heterocycles. The molecule has 0 saturated carbocycles. The molecule has 2 N–H and O–H groups in total. The summed E-state index contributed by atoms with van der Waals surface area (Å²) in [6.07, 6.45) is 0.324. The van der Waals surface area contributed by atoms with Crippen LogP contribution in [0.5, 0.6) is 0 Å². The smallest absolute Gasteiger partial charge is 0.380 e. The van der Waals surface area contributed by atoms with E-state index in [2.05, 4.69) is 9.71 Å². The average Bonchev–Trinajstić information content (AvgIpc) is 2.80. The van der Waals surface area contributed by atoms with Crippen LogP contribution in [-0.2, 0) is 29.0 Å². The molecule has 0 aromatic rings. The Hall–Kier alpha value is -1.51. The Morgan fingerprint density at radius 1 is 1.27 bits per heavy atom. The molecule has 4 rings (SSSR count). The van der Waals surface area contributed by atoms with Crippen molar-refractivity contribution in [3.63, 3.8) is 0 Å². The minimum absolute atomic E-state index is 0.124. The highest BCUT2D eigenvalue weighted by atomic mass is 32.3. The van der Waals surface area contributed by atoms with E-state index in [0.717, 1.165) is 0 Å². The number of hydrogen-bond acceptors (Lipinski definition) is 8. The van der Waals surface area contributed by atoms with Crippen LogP contribution in [0.15, 0.2) is 0 Å². The van der Waals surface area contributed by atoms with Crippen LogP contribution in [0.1, 0.15) is 6.42 Å². The fourth-order valence-electron chi connectivity index (χ4n) is 3.93. The number of nitrogens with one attached hydrogen (secondary N) is 1. The number of piperidine rings is 1. The Balaban J connectivity index is 1.54. The molecule has 4 aliphatic heterocycles. The van der Waals surface area contributed by atoms with Gasteiger partial charge >= 0.3 is 16.4 Å². The van der Waals surface area contributed by atoms with Crippen molar-refractivity contribution in [2.75, 3.05) is 46.1 Å². The number of carbonyl (C=O) groups excluding carboxylic acids is 2. The van der Waals surface area contributed by atoms with Crippen LogP contribution in [0.4, 0.5) is 4.79 Å². The van der Waals surface area contributed by atoms with Crippen LogP contribution in [0, 0.1) is 5.41 Å². The maximum atomic E-state index is 12.8. The van der Waals surface area contributed by atoms with E-state index in [4.69, 9.17) is 14.0 Å². The highest BCUT2D eigenvalue weighted by Crippen LogP contribution is 2.47. The fourth-order valence-corrected chi connectivity index (χ4v) is 4.30. The van der Waals surface area contributed by atoms with Crippen LogP contribution in [0.2, 0.25) is 0 Å². The minimum Gasteiger partial charge on any atom is -0.380 e. The minimum atomic E-state index is -4.86. The molecule has 0 aliphatic carbocycles. The van der Waals surface area contributed by atoms with E-state index in [1.807, 2.05) is 0 Å². The normalized spacial score (nSPS) is 31.2.